The Morgan fingerprint density at radius 1 is 1.12 bits per heavy atom. The first kappa shape index (κ1) is 18.1. The quantitative estimate of drug-likeness (QED) is 0.334. The van der Waals surface area contributed by atoms with Crippen LogP contribution in [0.3, 0.4) is 0 Å². The lowest BCUT2D eigenvalue weighted by Crippen LogP contribution is -2.07. The Bertz CT molecular complexity index is 803. The van der Waals surface area contributed by atoms with Gasteiger partial charge in [0.15, 0.2) is 0 Å². The highest BCUT2D eigenvalue weighted by Gasteiger charge is 2.33. The Morgan fingerprint density at radius 3 is 2.12 bits per heavy atom. The lowest BCUT2D eigenvalue weighted by Gasteiger charge is -2.13. The van der Waals surface area contributed by atoms with Crippen LogP contribution in [0.25, 0.3) is 0 Å². The summed E-state index contributed by atoms with van der Waals surface area (Å²) in [5.41, 5.74) is -3.37. The van der Waals surface area contributed by atoms with E-state index in [-0.39, 0.29) is 6.07 Å². The number of benzene rings is 1. The van der Waals surface area contributed by atoms with Crippen LogP contribution in [0.2, 0.25) is 10.0 Å². The Labute approximate surface area is 140 Å². The van der Waals surface area contributed by atoms with Crippen molar-refractivity contribution < 1.29 is 26.9 Å². The molecule has 12 heteroatoms. The van der Waals surface area contributed by atoms with Gasteiger partial charge in [-0.2, -0.15) is 26.9 Å². The molecule has 0 spiro atoms. The van der Waals surface area contributed by atoms with Crippen LogP contribution in [0.4, 0.5) is 39.0 Å². The summed E-state index contributed by atoms with van der Waals surface area (Å²) in [5.74, 6) is -2.90. The molecule has 1 N–H and O–H groups in total. The minimum absolute atomic E-state index is 0.262. The Kier molecular flexibility index (Phi) is 4.81. The van der Waals surface area contributed by atoms with E-state index < -0.39 is 55.7 Å². The summed E-state index contributed by atoms with van der Waals surface area (Å²) in [6, 6.07) is 1.52. The van der Waals surface area contributed by atoms with Crippen LogP contribution in [-0.4, -0.2) is 9.91 Å². The van der Waals surface area contributed by atoms with Crippen molar-refractivity contribution in [3.05, 3.63) is 55.8 Å². The fraction of sp³-hybridized carbons (Fsp3) is 0.0833. The van der Waals surface area contributed by atoms with Crippen LogP contribution in [0, 0.1) is 22.0 Å². The molecule has 1 aromatic heterocycles. The predicted molar refractivity (Wildman–Crippen MR) is 75.6 cm³/mol. The van der Waals surface area contributed by atoms with E-state index in [2.05, 4.69) is 10.3 Å². The fourth-order valence-corrected chi connectivity index (χ4v) is 2.11. The fourth-order valence-electron chi connectivity index (χ4n) is 1.70. The van der Waals surface area contributed by atoms with Crippen molar-refractivity contribution in [2.45, 2.75) is 6.18 Å². The van der Waals surface area contributed by atoms with E-state index >= 15 is 0 Å². The summed E-state index contributed by atoms with van der Waals surface area (Å²) >= 11 is 11.1. The van der Waals surface area contributed by atoms with Crippen molar-refractivity contribution in [2.75, 3.05) is 5.32 Å². The maximum absolute atomic E-state index is 13.3. The SMILES string of the molecule is O=[N+]([O-])c1cc(C(F)(F)F)ccc1Nc1c(Cl)c(F)nc(F)c1Cl. The summed E-state index contributed by atoms with van der Waals surface area (Å²) in [6.07, 6.45) is -4.81. The Hall–Kier alpha value is -2.20. The van der Waals surface area contributed by atoms with Crippen molar-refractivity contribution in [1.82, 2.24) is 4.98 Å². The number of aromatic nitrogens is 1. The third-order valence-electron chi connectivity index (χ3n) is 2.78. The molecule has 0 saturated heterocycles. The summed E-state index contributed by atoms with van der Waals surface area (Å²) in [7, 11) is 0. The van der Waals surface area contributed by atoms with Gasteiger partial charge in [0.05, 0.1) is 16.2 Å². The standard InChI is InChI=1S/C12H4Cl2F5N3O2/c13-7-9(8(14)11(16)21-10(7)15)20-5-2-1-4(12(17,18)19)3-6(5)22(23)24/h1-3H,(H,20,21). The molecule has 0 aliphatic carbocycles. The second-order valence-electron chi connectivity index (χ2n) is 4.31. The zero-order chi connectivity index (χ0) is 18.2. The van der Waals surface area contributed by atoms with Crippen LogP contribution in [0.5, 0.6) is 0 Å². The van der Waals surface area contributed by atoms with Gasteiger partial charge in [-0.1, -0.05) is 23.2 Å². The number of anilines is 2. The zero-order valence-corrected chi connectivity index (χ0v) is 12.6. The molecule has 1 heterocycles. The molecule has 1 aromatic carbocycles. The van der Waals surface area contributed by atoms with E-state index in [1.807, 2.05) is 0 Å². The number of pyridine rings is 1. The topological polar surface area (TPSA) is 68.1 Å². The number of nitro groups is 1. The van der Waals surface area contributed by atoms with Gasteiger partial charge in [0, 0.05) is 6.07 Å². The molecule has 2 aromatic rings. The first-order valence-corrected chi connectivity index (χ1v) is 6.60. The summed E-state index contributed by atoms with van der Waals surface area (Å²) < 4.78 is 64.6. The molecular weight excluding hydrogens is 384 g/mol. The summed E-state index contributed by atoms with van der Waals surface area (Å²) in [5, 5.41) is 11.6. The van der Waals surface area contributed by atoms with Crippen molar-refractivity contribution >= 4 is 40.3 Å². The molecule has 24 heavy (non-hydrogen) atoms. The number of nitro benzene ring substituents is 1. The highest BCUT2D eigenvalue weighted by Crippen LogP contribution is 2.40. The van der Waals surface area contributed by atoms with Gasteiger partial charge >= 0.3 is 6.18 Å². The predicted octanol–water partition coefficient (Wildman–Crippen LogP) is 5.34. The molecule has 0 saturated carbocycles. The number of halogens is 7. The number of rotatable bonds is 3. The number of hydrogen-bond donors (Lipinski definition) is 1. The van der Waals surface area contributed by atoms with E-state index in [0.29, 0.717) is 12.1 Å². The van der Waals surface area contributed by atoms with Crippen molar-refractivity contribution in [2.24, 2.45) is 0 Å². The molecule has 0 amide bonds. The maximum Gasteiger partial charge on any atom is 0.416 e. The molecule has 128 valence electrons. The van der Waals surface area contributed by atoms with Crippen LogP contribution >= 0.6 is 23.2 Å². The minimum Gasteiger partial charge on any atom is -0.347 e. The first-order valence-electron chi connectivity index (χ1n) is 5.85. The summed E-state index contributed by atoms with van der Waals surface area (Å²) in [4.78, 5) is 12.6. The molecule has 2 rings (SSSR count). The second kappa shape index (κ2) is 6.36. The number of hydrogen-bond acceptors (Lipinski definition) is 4. The van der Waals surface area contributed by atoms with Crippen LogP contribution in [-0.2, 0) is 6.18 Å². The molecule has 0 bridgehead atoms. The highest BCUT2D eigenvalue weighted by atomic mass is 35.5. The van der Waals surface area contributed by atoms with Crippen LogP contribution in [0.1, 0.15) is 5.56 Å². The molecule has 0 atom stereocenters. The van der Waals surface area contributed by atoms with Gasteiger partial charge in [-0.05, 0) is 12.1 Å². The molecule has 0 aliphatic heterocycles. The minimum atomic E-state index is -4.81. The van der Waals surface area contributed by atoms with Crippen molar-refractivity contribution in [3.8, 4) is 0 Å². The van der Waals surface area contributed by atoms with E-state index in [0.717, 1.165) is 0 Å². The zero-order valence-electron chi connectivity index (χ0n) is 11.1. The molecule has 0 fully saturated rings. The molecule has 0 aliphatic rings. The van der Waals surface area contributed by atoms with Gasteiger partial charge in [-0.15, -0.1) is 0 Å². The lowest BCUT2D eigenvalue weighted by molar-refractivity contribution is -0.384. The van der Waals surface area contributed by atoms with E-state index in [1.54, 1.807) is 0 Å². The third kappa shape index (κ3) is 3.49. The van der Waals surface area contributed by atoms with Gasteiger partial charge in [-0.3, -0.25) is 10.1 Å². The number of alkyl halides is 3. The number of nitrogens with zero attached hydrogens (tertiary/aromatic N) is 2. The largest absolute Gasteiger partial charge is 0.416 e. The second-order valence-corrected chi connectivity index (χ2v) is 5.06. The average Bonchev–Trinajstić information content (AvgIpc) is 2.48. The van der Waals surface area contributed by atoms with Gasteiger partial charge < -0.3 is 5.32 Å². The van der Waals surface area contributed by atoms with E-state index in [1.165, 1.54) is 0 Å². The first-order chi connectivity index (χ1) is 11.0. The average molecular weight is 388 g/mol. The highest BCUT2D eigenvalue weighted by molar-refractivity contribution is 6.39. The van der Waals surface area contributed by atoms with Crippen molar-refractivity contribution in [1.29, 1.82) is 0 Å². The molecule has 0 unspecified atom stereocenters. The van der Waals surface area contributed by atoms with E-state index in [4.69, 9.17) is 23.2 Å². The van der Waals surface area contributed by atoms with Crippen LogP contribution in [0.15, 0.2) is 18.2 Å². The third-order valence-corrected chi connectivity index (χ3v) is 3.47. The summed E-state index contributed by atoms with van der Waals surface area (Å²) in [6.45, 7) is 0. The lowest BCUT2D eigenvalue weighted by atomic mass is 10.1. The van der Waals surface area contributed by atoms with Gasteiger partial charge in [0.2, 0.25) is 11.9 Å². The normalized spacial score (nSPS) is 11.5. The Morgan fingerprint density at radius 2 is 1.67 bits per heavy atom. The van der Waals surface area contributed by atoms with Gasteiger partial charge in [-0.25, -0.2) is 0 Å². The Balaban J connectivity index is 2.57. The smallest absolute Gasteiger partial charge is 0.347 e. The number of nitrogens with one attached hydrogen (secondary N) is 1. The van der Waals surface area contributed by atoms with Crippen molar-refractivity contribution in [3.63, 3.8) is 0 Å². The molecular formula is C12H4Cl2F5N3O2. The van der Waals surface area contributed by atoms with Gasteiger partial charge in [0.1, 0.15) is 15.7 Å². The molecule has 5 nitrogen and oxygen atoms in total. The van der Waals surface area contributed by atoms with Gasteiger partial charge in [0.25, 0.3) is 5.69 Å². The monoisotopic (exact) mass is 387 g/mol. The maximum atomic E-state index is 13.3. The van der Waals surface area contributed by atoms with Crippen LogP contribution < -0.4 is 5.32 Å². The van der Waals surface area contributed by atoms with E-state index in [9.17, 15) is 32.1 Å². The molecule has 0 radical (unpaired) electrons.